The summed E-state index contributed by atoms with van der Waals surface area (Å²) in [5, 5.41) is 22.1. The maximum absolute atomic E-state index is 6.15. The van der Waals surface area contributed by atoms with Gasteiger partial charge in [-0.2, -0.15) is 0 Å². The van der Waals surface area contributed by atoms with Gasteiger partial charge in [0.15, 0.2) is 0 Å². The second kappa shape index (κ2) is 12.3. The normalized spacial score (nSPS) is 11.5. The van der Waals surface area contributed by atoms with Crippen LogP contribution in [-0.2, 0) is 0 Å². The van der Waals surface area contributed by atoms with Gasteiger partial charge in [-0.1, -0.05) is 91.0 Å². The van der Waals surface area contributed by atoms with Crippen LogP contribution in [0.25, 0.3) is 77.5 Å². The molecule has 0 aliphatic rings. The molecule has 7 nitrogen and oxygen atoms in total. The summed E-state index contributed by atoms with van der Waals surface area (Å²) in [7, 11) is 0. The van der Waals surface area contributed by atoms with Crippen LogP contribution in [-0.4, -0.2) is 25.4 Å². The number of benzene rings is 6. The minimum atomic E-state index is 0.823. The Labute approximate surface area is 298 Å². The van der Waals surface area contributed by atoms with Gasteiger partial charge < -0.3 is 9.32 Å². The predicted octanol–water partition coefficient (Wildman–Crippen LogP) is 11.3. The lowest BCUT2D eigenvalue weighted by Crippen LogP contribution is -2.10. The van der Waals surface area contributed by atoms with Crippen molar-refractivity contribution in [2.45, 2.75) is 0 Å². The van der Waals surface area contributed by atoms with E-state index >= 15 is 0 Å². The Morgan fingerprint density at radius 2 is 0.865 bits per heavy atom. The van der Waals surface area contributed by atoms with E-state index in [9.17, 15) is 0 Å². The summed E-state index contributed by atoms with van der Waals surface area (Å²) in [6, 6.07) is 55.7. The highest BCUT2D eigenvalue weighted by Gasteiger charge is 2.16. The molecule has 0 unspecified atom stereocenters. The zero-order chi connectivity index (χ0) is 34.4. The molecule has 7 heteroatoms. The molecular formula is C45H28N6O. The molecule has 0 radical (unpaired) electrons. The molecule has 10 aromatic rings. The maximum Gasteiger partial charge on any atom is 0.139 e. The van der Waals surface area contributed by atoms with Gasteiger partial charge >= 0.3 is 0 Å². The van der Waals surface area contributed by atoms with E-state index in [0.717, 1.165) is 94.6 Å². The Hall–Kier alpha value is -7.25. The second-order valence-corrected chi connectivity index (χ2v) is 12.7. The highest BCUT2D eigenvalue weighted by Crippen LogP contribution is 2.38. The van der Waals surface area contributed by atoms with Crippen molar-refractivity contribution < 1.29 is 4.42 Å². The standard InChI is InChI=1S/C45H28N6O/c1-4-10-39-32(7-1)25-42(49-47-39)30-15-21-35(22-16-30)51(36-23-17-31(18-24-36)43-26-33-8-2-5-11-40(33)48-50-43)34-19-13-29(14-20-34)41-27-45-38(28-46-41)37-9-3-6-12-44(37)52-45/h1-28H. The van der Waals surface area contributed by atoms with Crippen LogP contribution in [0.1, 0.15) is 0 Å². The summed E-state index contributed by atoms with van der Waals surface area (Å²) in [5.74, 6) is 0. The third-order valence-electron chi connectivity index (χ3n) is 9.52. The van der Waals surface area contributed by atoms with Crippen molar-refractivity contribution in [2.24, 2.45) is 0 Å². The number of aromatic nitrogens is 5. The molecule has 10 rings (SSSR count). The van der Waals surface area contributed by atoms with E-state index in [1.807, 2.05) is 66.9 Å². The first kappa shape index (κ1) is 29.6. The van der Waals surface area contributed by atoms with E-state index in [1.54, 1.807) is 0 Å². The predicted molar refractivity (Wildman–Crippen MR) is 209 cm³/mol. The molecule has 4 heterocycles. The minimum Gasteiger partial charge on any atom is -0.456 e. The Bertz CT molecular complexity index is 2780. The molecule has 0 aliphatic carbocycles. The van der Waals surface area contributed by atoms with Crippen LogP contribution in [0.5, 0.6) is 0 Å². The van der Waals surface area contributed by atoms with Gasteiger partial charge in [-0.3, -0.25) is 4.98 Å². The third-order valence-corrected chi connectivity index (χ3v) is 9.52. The van der Waals surface area contributed by atoms with Crippen LogP contribution >= 0.6 is 0 Å². The zero-order valence-electron chi connectivity index (χ0n) is 27.8. The molecule has 52 heavy (non-hydrogen) atoms. The van der Waals surface area contributed by atoms with Crippen molar-refractivity contribution in [1.82, 2.24) is 25.4 Å². The number of para-hydroxylation sites is 1. The number of rotatable bonds is 6. The topological polar surface area (TPSA) is 80.8 Å². The Balaban J connectivity index is 1.02. The van der Waals surface area contributed by atoms with Crippen LogP contribution < -0.4 is 4.90 Å². The fraction of sp³-hybridized carbons (Fsp3) is 0. The number of fused-ring (bicyclic) bond motifs is 5. The quantitative estimate of drug-likeness (QED) is 0.174. The number of hydrogen-bond acceptors (Lipinski definition) is 7. The van der Waals surface area contributed by atoms with Gasteiger partial charge in [0.2, 0.25) is 0 Å². The third kappa shape index (κ3) is 5.28. The number of nitrogens with zero attached hydrogens (tertiary/aromatic N) is 6. The van der Waals surface area contributed by atoms with Crippen molar-refractivity contribution >= 4 is 60.8 Å². The second-order valence-electron chi connectivity index (χ2n) is 12.7. The van der Waals surface area contributed by atoms with Crippen LogP contribution in [0.15, 0.2) is 174 Å². The summed E-state index contributed by atoms with van der Waals surface area (Å²) in [4.78, 5) is 7.05. The van der Waals surface area contributed by atoms with Crippen molar-refractivity contribution in [3.63, 3.8) is 0 Å². The van der Waals surface area contributed by atoms with Crippen molar-refractivity contribution in [3.8, 4) is 33.8 Å². The van der Waals surface area contributed by atoms with Gasteiger partial charge in [0, 0.05) is 67.6 Å². The molecule has 0 saturated carbocycles. The number of anilines is 3. The smallest absolute Gasteiger partial charge is 0.139 e. The first-order valence-corrected chi connectivity index (χ1v) is 17.1. The summed E-state index contributed by atoms with van der Waals surface area (Å²) >= 11 is 0. The summed E-state index contributed by atoms with van der Waals surface area (Å²) < 4.78 is 6.15. The van der Waals surface area contributed by atoms with E-state index < -0.39 is 0 Å². The average Bonchev–Trinajstić information content (AvgIpc) is 3.59. The molecule has 0 spiro atoms. The molecule has 244 valence electrons. The highest BCUT2D eigenvalue weighted by atomic mass is 16.3. The first-order valence-electron chi connectivity index (χ1n) is 17.1. The lowest BCUT2D eigenvalue weighted by molar-refractivity contribution is 0.668. The van der Waals surface area contributed by atoms with Crippen LogP contribution in [0, 0.1) is 0 Å². The fourth-order valence-corrected chi connectivity index (χ4v) is 6.82. The van der Waals surface area contributed by atoms with Gasteiger partial charge in [-0.25, -0.2) is 0 Å². The van der Waals surface area contributed by atoms with E-state index in [0.29, 0.717) is 0 Å². The largest absolute Gasteiger partial charge is 0.456 e. The Morgan fingerprint density at radius 1 is 0.385 bits per heavy atom. The Kier molecular flexibility index (Phi) is 6.99. The molecule has 0 bridgehead atoms. The monoisotopic (exact) mass is 668 g/mol. The maximum atomic E-state index is 6.15. The van der Waals surface area contributed by atoms with Crippen LogP contribution in [0.2, 0.25) is 0 Å². The summed E-state index contributed by atoms with van der Waals surface area (Å²) in [5.41, 5.74) is 12.0. The minimum absolute atomic E-state index is 0.823. The van der Waals surface area contributed by atoms with Crippen molar-refractivity contribution in [3.05, 3.63) is 170 Å². The lowest BCUT2D eigenvalue weighted by atomic mass is 10.1. The van der Waals surface area contributed by atoms with Crippen LogP contribution in [0.3, 0.4) is 0 Å². The molecule has 4 aromatic heterocycles. The molecule has 0 saturated heterocycles. The fourth-order valence-electron chi connectivity index (χ4n) is 6.82. The van der Waals surface area contributed by atoms with Crippen LogP contribution in [0.4, 0.5) is 17.1 Å². The van der Waals surface area contributed by atoms with Gasteiger partial charge in [-0.15, -0.1) is 20.4 Å². The Morgan fingerprint density at radius 3 is 1.42 bits per heavy atom. The van der Waals surface area contributed by atoms with Gasteiger partial charge in [0.1, 0.15) is 11.2 Å². The van der Waals surface area contributed by atoms with Gasteiger partial charge in [0.05, 0.1) is 28.1 Å². The average molecular weight is 669 g/mol. The molecular weight excluding hydrogens is 641 g/mol. The van der Waals surface area contributed by atoms with E-state index in [4.69, 9.17) is 9.40 Å². The van der Waals surface area contributed by atoms with Gasteiger partial charge in [0.25, 0.3) is 0 Å². The molecule has 0 fully saturated rings. The summed E-state index contributed by atoms with van der Waals surface area (Å²) in [6.07, 6.45) is 1.90. The van der Waals surface area contributed by atoms with Gasteiger partial charge in [-0.05, 0) is 66.7 Å². The van der Waals surface area contributed by atoms with Crippen molar-refractivity contribution in [2.75, 3.05) is 4.90 Å². The highest BCUT2D eigenvalue weighted by molar-refractivity contribution is 6.05. The SMILES string of the molecule is c1ccc2nnc(-c3ccc(N(c4ccc(-c5cc6oc7ccccc7c6cn5)cc4)c4ccc(-c5cc6ccccc6nn5)cc4)cc3)cc2c1. The van der Waals surface area contributed by atoms with E-state index in [2.05, 4.69) is 128 Å². The van der Waals surface area contributed by atoms with E-state index in [-0.39, 0.29) is 0 Å². The lowest BCUT2D eigenvalue weighted by Gasteiger charge is -2.26. The van der Waals surface area contributed by atoms with Crippen molar-refractivity contribution in [1.29, 1.82) is 0 Å². The number of hydrogen-bond donors (Lipinski definition) is 0. The summed E-state index contributed by atoms with van der Waals surface area (Å²) in [6.45, 7) is 0. The molecule has 0 amide bonds. The molecule has 0 N–H and O–H groups in total. The molecule has 0 aliphatic heterocycles. The first-order chi connectivity index (χ1) is 25.7. The molecule has 0 atom stereocenters. The molecule has 6 aromatic carbocycles. The zero-order valence-corrected chi connectivity index (χ0v) is 27.8. The number of pyridine rings is 1. The van der Waals surface area contributed by atoms with E-state index in [1.165, 1.54) is 0 Å². The number of furan rings is 1.